The number of carbonyl (C=O) groups is 1. The van der Waals surface area contributed by atoms with E-state index >= 15 is 0 Å². The largest absolute Gasteiger partial charge is 0.350 e. The van der Waals surface area contributed by atoms with Gasteiger partial charge in [0, 0.05) is 29.2 Å². The van der Waals surface area contributed by atoms with Crippen molar-refractivity contribution in [2.75, 3.05) is 6.54 Å². The maximum Gasteiger partial charge on any atom is 0.252 e. The van der Waals surface area contributed by atoms with Gasteiger partial charge in [-0.1, -0.05) is 29.8 Å². The summed E-state index contributed by atoms with van der Waals surface area (Å²) in [6.07, 6.45) is 3.24. The molecular weight excluding hydrogens is 326 g/mol. The number of carbonyl (C=O) groups excluding carboxylic acids is 1. The van der Waals surface area contributed by atoms with Crippen LogP contribution in [-0.2, 0) is 6.54 Å². The maximum absolute atomic E-state index is 12.1. The van der Waals surface area contributed by atoms with Crippen LogP contribution < -0.4 is 11.1 Å². The van der Waals surface area contributed by atoms with Crippen molar-refractivity contribution in [2.24, 2.45) is 5.73 Å². The number of nitrogens with one attached hydrogen (secondary N) is 1. The fourth-order valence-electron chi connectivity index (χ4n) is 2.36. The summed E-state index contributed by atoms with van der Waals surface area (Å²) >= 11 is 6.19. The summed E-state index contributed by atoms with van der Waals surface area (Å²) < 4.78 is 1.76. The number of fused-ring (bicyclic) bond motifs is 1. The first-order chi connectivity index (χ1) is 11.5. The monoisotopic (exact) mass is 343 g/mol. The number of rotatable bonds is 5. The van der Waals surface area contributed by atoms with Crippen molar-refractivity contribution in [1.29, 1.82) is 0 Å². The van der Waals surface area contributed by atoms with Crippen LogP contribution in [0, 0.1) is 0 Å². The van der Waals surface area contributed by atoms with Gasteiger partial charge in [-0.3, -0.25) is 4.79 Å². The van der Waals surface area contributed by atoms with Crippen LogP contribution in [0.25, 0.3) is 11.0 Å². The van der Waals surface area contributed by atoms with Gasteiger partial charge < -0.3 is 11.1 Å². The number of benzene rings is 1. The predicted molar refractivity (Wildman–Crippen MR) is 94.1 cm³/mol. The molecule has 0 radical (unpaired) electrons. The zero-order valence-electron chi connectivity index (χ0n) is 13.2. The van der Waals surface area contributed by atoms with E-state index in [0.29, 0.717) is 29.3 Å². The van der Waals surface area contributed by atoms with Crippen molar-refractivity contribution in [1.82, 2.24) is 20.1 Å². The van der Waals surface area contributed by atoms with E-state index in [0.717, 1.165) is 10.9 Å². The molecule has 1 atom stereocenters. The molecule has 0 saturated carbocycles. The third kappa shape index (κ3) is 3.55. The Hall–Kier alpha value is -2.44. The molecular formula is C17H18ClN5O. The second kappa shape index (κ2) is 6.98. The molecule has 0 aliphatic carbocycles. The molecule has 7 heteroatoms. The summed E-state index contributed by atoms with van der Waals surface area (Å²) in [6, 6.07) is 9.29. The van der Waals surface area contributed by atoms with Gasteiger partial charge >= 0.3 is 0 Å². The molecule has 3 N–H and O–H groups in total. The Bertz CT molecular complexity index is 874. The van der Waals surface area contributed by atoms with Crippen LogP contribution >= 0.6 is 11.6 Å². The minimum atomic E-state index is -0.194. The van der Waals surface area contributed by atoms with E-state index in [2.05, 4.69) is 15.4 Å². The van der Waals surface area contributed by atoms with Crippen LogP contribution in [-0.4, -0.2) is 33.3 Å². The van der Waals surface area contributed by atoms with Gasteiger partial charge in [-0.15, -0.1) is 0 Å². The van der Waals surface area contributed by atoms with Crippen molar-refractivity contribution in [2.45, 2.75) is 19.5 Å². The predicted octanol–water partition coefficient (Wildman–Crippen LogP) is 2.21. The first-order valence-corrected chi connectivity index (χ1v) is 8.01. The van der Waals surface area contributed by atoms with E-state index in [1.807, 2.05) is 31.2 Å². The minimum Gasteiger partial charge on any atom is -0.350 e. The Morgan fingerprint density at radius 2 is 2.17 bits per heavy atom. The summed E-state index contributed by atoms with van der Waals surface area (Å²) in [5, 5.41) is 8.61. The molecule has 0 aliphatic rings. The highest BCUT2D eigenvalue weighted by Gasteiger charge is 2.11. The Morgan fingerprint density at radius 1 is 1.38 bits per heavy atom. The lowest BCUT2D eigenvalue weighted by Crippen LogP contribution is -2.35. The van der Waals surface area contributed by atoms with Crippen LogP contribution in [0.1, 0.15) is 22.8 Å². The lowest BCUT2D eigenvalue weighted by molar-refractivity contribution is 0.0951. The molecule has 0 spiro atoms. The van der Waals surface area contributed by atoms with Gasteiger partial charge in [-0.25, -0.2) is 9.67 Å². The number of hydrogen-bond acceptors (Lipinski definition) is 4. The zero-order valence-corrected chi connectivity index (χ0v) is 14.0. The molecule has 3 rings (SSSR count). The molecule has 2 heterocycles. The van der Waals surface area contributed by atoms with Crippen LogP contribution in [0.3, 0.4) is 0 Å². The molecule has 0 saturated heterocycles. The number of halogens is 1. The maximum atomic E-state index is 12.1. The van der Waals surface area contributed by atoms with Crippen LogP contribution in [0.15, 0.2) is 42.7 Å². The molecule has 1 amide bonds. The van der Waals surface area contributed by atoms with E-state index in [1.165, 1.54) is 0 Å². The van der Waals surface area contributed by atoms with Gasteiger partial charge in [0.25, 0.3) is 5.91 Å². The lowest BCUT2D eigenvalue weighted by Gasteiger charge is -2.08. The molecule has 0 aliphatic heterocycles. The average molecular weight is 344 g/mol. The third-order valence-corrected chi connectivity index (χ3v) is 3.97. The quantitative estimate of drug-likeness (QED) is 0.743. The van der Waals surface area contributed by atoms with Crippen molar-refractivity contribution < 1.29 is 4.79 Å². The summed E-state index contributed by atoms with van der Waals surface area (Å²) in [4.78, 5) is 16.5. The Labute approximate surface area is 144 Å². The molecule has 2 aromatic heterocycles. The molecule has 1 aromatic carbocycles. The Balaban J connectivity index is 1.83. The molecule has 124 valence electrons. The standard InChI is InChI=1S/C17H18ClN5O/c1-11(19)7-21-17(24)14-6-13-9-22-23(16(13)20-8-14)10-12-4-2-3-5-15(12)18/h2-6,8-9,11H,7,10,19H2,1H3,(H,21,24). The first-order valence-electron chi connectivity index (χ1n) is 7.63. The Morgan fingerprint density at radius 3 is 2.92 bits per heavy atom. The van der Waals surface area contributed by atoms with Crippen molar-refractivity contribution in [3.05, 3.63) is 58.9 Å². The van der Waals surface area contributed by atoms with E-state index in [4.69, 9.17) is 17.3 Å². The van der Waals surface area contributed by atoms with Gasteiger partial charge in [0.15, 0.2) is 5.65 Å². The number of amides is 1. The van der Waals surface area contributed by atoms with Gasteiger partial charge in [0.2, 0.25) is 0 Å². The number of hydrogen-bond donors (Lipinski definition) is 2. The smallest absolute Gasteiger partial charge is 0.252 e. The number of aromatic nitrogens is 3. The highest BCUT2D eigenvalue weighted by molar-refractivity contribution is 6.31. The van der Waals surface area contributed by atoms with Crippen LogP contribution in [0.5, 0.6) is 0 Å². The zero-order chi connectivity index (χ0) is 17.1. The van der Waals surface area contributed by atoms with E-state index < -0.39 is 0 Å². The van der Waals surface area contributed by atoms with Gasteiger partial charge in [0.1, 0.15) is 0 Å². The van der Waals surface area contributed by atoms with E-state index in [9.17, 15) is 4.79 Å². The highest BCUT2D eigenvalue weighted by Crippen LogP contribution is 2.19. The van der Waals surface area contributed by atoms with E-state index in [-0.39, 0.29) is 11.9 Å². The third-order valence-electron chi connectivity index (χ3n) is 3.60. The van der Waals surface area contributed by atoms with Crippen molar-refractivity contribution >= 4 is 28.5 Å². The molecule has 0 bridgehead atoms. The summed E-state index contributed by atoms with van der Waals surface area (Å²) in [7, 11) is 0. The lowest BCUT2D eigenvalue weighted by atomic mass is 10.2. The second-order valence-electron chi connectivity index (χ2n) is 5.72. The van der Waals surface area contributed by atoms with Gasteiger partial charge in [0.05, 0.1) is 18.3 Å². The normalized spacial score (nSPS) is 12.3. The second-order valence-corrected chi connectivity index (χ2v) is 6.12. The topological polar surface area (TPSA) is 85.8 Å². The molecule has 24 heavy (non-hydrogen) atoms. The fourth-order valence-corrected chi connectivity index (χ4v) is 2.55. The first kappa shape index (κ1) is 16.4. The fraction of sp³-hybridized carbons (Fsp3) is 0.235. The van der Waals surface area contributed by atoms with Gasteiger partial charge in [-0.2, -0.15) is 5.10 Å². The number of pyridine rings is 1. The molecule has 3 aromatic rings. The molecule has 0 fully saturated rings. The molecule has 6 nitrogen and oxygen atoms in total. The van der Waals surface area contributed by atoms with Gasteiger partial charge in [-0.05, 0) is 24.6 Å². The Kier molecular flexibility index (Phi) is 4.78. The van der Waals surface area contributed by atoms with Crippen molar-refractivity contribution in [3.8, 4) is 0 Å². The highest BCUT2D eigenvalue weighted by atomic mass is 35.5. The minimum absolute atomic E-state index is 0.0935. The van der Waals surface area contributed by atoms with Crippen LogP contribution in [0.4, 0.5) is 0 Å². The van der Waals surface area contributed by atoms with Crippen molar-refractivity contribution in [3.63, 3.8) is 0 Å². The number of nitrogens with two attached hydrogens (primary N) is 1. The molecule has 1 unspecified atom stereocenters. The van der Waals surface area contributed by atoms with E-state index in [1.54, 1.807) is 23.1 Å². The number of nitrogens with zero attached hydrogens (tertiary/aromatic N) is 3. The summed E-state index contributed by atoms with van der Waals surface area (Å²) in [5.41, 5.74) is 7.80. The van der Waals surface area contributed by atoms with Crippen LogP contribution in [0.2, 0.25) is 5.02 Å². The SMILES string of the molecule is CC(N)CNC(=O)c1cnc2c(cnn2Cc2ccccc2Cl)c1. The average Bonchev–Trinajstić information content (AvgIpc) is 2.97. The summed E-state index contributed by atoms with van der Waals surface area (Å²) in [6.45, 7) is 2.77. The summed E-state index contributed by atoms with van der Waals surface area (Å²) in [5.74, 6) is -0.194.